The number of fused-ring (bicyclic) bond motifs is 5. The van der Waals surface area contributed by atoms with Crippen molar-refractivity contribution in [3.8, 4) is 16.8 Å². The lowest BCUT2D eigenvalue weighted by Gasteiger charge is -2.19. The van der Waals surface area contributed by atoms with Crippen molar-refractivity contribution in [1.29, 1.82) is 0 Å². The first kappa shape index (κ1) is 26.5. The summed E-state index contributed by atoms with van der Waals surface area (Å²) in [6, 6.07) is 29.2. The lowest BCUT2D eigenvalue weighted by Crippen LogP contribution is -2.29. The van der Waals surface area contributed by atoms with Gasteiger partial charge in [-0.25, -0.2) is 0 Å². The SMILES string of the molecule is CC.CC.CC1CC=Cc2c1ccc1c2c2cc(-c3ccc(B(O)O)cc3)ccc2n1-c1ccccc1. The normalized spacial score (nSPS) is 13.9. The van der Waals surface area contributed by atoms with Crippen LogP contribution in [0.1, 0.15) is 58.1 Å². The highest BCUT2D eigenvalue weighted by molar-refractivity contribution is 6.58. The zero-order valence-electron chi connectivity index (χ0n) is 22.4. The minimum absolute atomic E-state index is 0.494. The van der Waals surface area contributed by atoms with Crippen molar-refractivity contribution in [2.75, 3.05) is 0 Å². The molecule has 5 aromatic rings. The third-order valence-corrected chi connectivity index (χ3v) is 6.87. The van der Waals surface area contributed by atoms with E-state index in [9.17, 15) is 10.0 Å². The Kier molecular flexibility index (Phi) is 8.32. The average Bonchev–Trinajstić information content (AvgIpc) is 3.30. The molecule has 1 aliphatic carbocycles. The Hall–Kier alpha value is -3.60. The van der Waals surface area contributed by atoms with Crippen LogP contribution in [-0.2, 0) is 0 Å². The fourth-order valence-corrected chi connectivity index (χ4v) is 5.16. The van der Waals surface area contributed by atoms with Crippen molar-refractivity contribution in [2.45, 2.75) is 47.0 Å². The Labute approximate surface area is 220 Å². The van der Waals surface area contributed by atoms with E-state index in [1.807, 2.05) is 39.8 Å². The first-order chi connectivity index (χ1) is 18.1. The van der Waals surface area contributed by atoms with E-state index < -0.39 is 7.12 Å². The van der Waals surface area contributed by atoms with Gasteiger partial charge < -0.3 is 14.6 Å². The van der Waals surface area contributed by atoms with Gasteiger partial charge in [0.15, 0.2) is 0 Å². The van der Waals surface area contributed by atoms with E-state index in [0.29, 0.717) is 11.4 Å². The number of nitrogens with zero attached hydrogens (tertiary/aromatic N) is 1. The monoisotopic (exact) mass is 489 g/mol. The molecule has 1 unspecified atom stereocenters. The molecular weight excluding hydrogens is 453 g/mol. The number of aromatic nitrogens is 1. The predicted octanol–water partition coefficient (Wildman–Crippen LogP) is 7.70. The topological polar surface area (TPSA) is 45.4 Å². The highest BCUT2D eigenvalue weighted by atomic mass is 16.4. The van der Waals surface area contributed by atoms with Crippen LogP contribution >= 0.6 is 0 Å². The van der Waals surface area contributed by atoms with Crippen LogP contribution in [0.2, 0.25) is 0 Å². The molecule has 2 N–H and O–H groups in total. The minimum Gasteiger partial charge on any atom is -0.423 e. The largest absolute Gasteiger partial charge is 0.488 e. The van der Waals surface area contributed by atoms with E-state index >= 15 is 0 Å². The van der Waals surface area contributed by atoms with E-state index in [1.54, 1.807) is 12.1 Å². The Morgan fingerprint density at radius 2 is 1.41 bits per heavy atom. The number of rotatable bonds is 3. The van der Waals surface area contributed by atoms with Gasteiger partial charge in [-0.1, -0.05) is 101 Å². The van der Waals surface area contributed by atoms with E-state index in [2.05, 4.69) is 84.3 Å². The van der Waals surface area contributed by atoms with E-state index in [0.717, 1.165) is 23.2 Å². The van der Waals surface area contributed by atoms with Crippen LogP contribution in [-0.4, -0.2) is 21.7 Å². The van der Waals surface area contributed by atoms with E-state index in [-0.39, 0.29) is 0 Å². The molecule has 1 atom stereocenters. The Morgan fingerprint density at radius 1 is 0.757 bits per heavy atom. The van der Waals surface area contributed by atoms with Crippen molar-refractivity contribution < 1.29 is 10.0 Å². The summed E-state index contributed by atoms with van der Waals surface area (Å²) in [6.07, 6.45) is 5.65. The summed E-state index contributed by atoms with van der Waals surface area (Å²) in [5.41, 5.74) is 8.93. The van der Waals surface area contributed by atoms with Gasteiger partial charge >= 0.3 is 7.12 Å². The maximum atomic E-state index is 9.44. The number of hydrogen-bond donors (Lipinski definition) is 2. The van der Waals surface area contributed by atoms with Gasteiger partial charge in [-0.2, -0.15) is 0 Å². The second kappa shape index (κ2) is 11.6. The third kappa shape index (κ3) is 4.87. The fourth-order valence-electron chi connectivity index (χ4n) is 5.16. The minimum atomic E-state index is -1.45. The Morgan fingerprint density at radius 3 is 2.08 bits per heavy atom. The standard InChI is InChI=1S/C29H24BNO2.2C2H6/c1-19-6-5-9-25-24(19)15-17-28-29(25)26-18-21(20-10-13-22(14-11-20)30(32)33)12-16-27(26)31(28)23-7-3-2-4-8-23;2*1-2/h2-5,7-19,32-33H,6H2,1H3;2*1-2H3. The van der Waals surface area contributed by atoms with Crippen LogP contribution in [0.3, 0.4) is 0 Å². The molecule has 1 aliphatic rings. The van der Waals surface area contributed by atoms with Crippen molar-refractivity contribution in [1.82, 2.24) is 4.57 Å². The molecule has 4 aromatic carbocycles. The predicted molar refractivity (Wildman–Crippen MR) is 161 cm³/mol. The Balaban J connectivity index is 0.000000765. The zero-order valence-corrected chi connectivity index (χ0v) is 22.4. The molecule has 0 fully saturated rings. The smallest absolute Gasteiger partial charge is 0.423 e. The van der Waals surface area contributed by atoms with Gasteiger partial charge in [0.25, 0.3) is 0 Å². The Bertz CT molecular complexity index is 1520. The summed E-state index contributed by atoms with van der Waals surface area (Å²) in [7, 11) is -1.45. The number of benzene rings is 4. The second-order valence-electron chi connectivity index (χ2n) is 8.90. The summed E-state index contributed by atoms with van der Waals surface area (Å²) in [5, 5.41) is 21.4. The third-order valence-electron chi connectivity index (χ3n) is 6.87. The highest BCUT2D eigenvalue weighted by Gasteiger charge is 2.21. The number of para-hydroxylation sites is 1. The summed E-state index contributed by atoms with van der Waals surface area (Å²) in [6.45, 7) is 10.3. The van der Waals surface area contributed by atoms with Crippen molar-refractivity contribution in [2.24, 2.45) is 0 Å². The molecule has 37 heavy (non-hydrogen) atoms. The highest BCUT2D eigenvalue weighted by Crippen LogP contribution is 2.41. The molecule has 0 bridgehead atoms. The molecule has 0 saturated carbocycles. The molecule has 188 valence electrons. The summed E-state index contributed by atoms with van der Waals surface area (Å²) < 4.78 is 2.35. The molecule has 0 saturated heterocycles. The van der Waals surface area contributed by atoms with Gasteiger partial charge in [-0.3, -0.25) is 0 Å². The van der Waals surface area contributed by atoms with E-state index in [1.165, 1.54) is 32.9 Å². The molecule has 6 rings (SSSR count). The average molecular weight is 489 g/mol. The van der Waals surface area contributed by atoms with Crippen LogP contribution in [0.4, 0.5) is 0 Å². The van der Waals surface area contributed by atoms with Gasteiger partial charge in [0.1, 0.15) is 0 Å². The molecule has 4 heteroatoms. The molecule has 1 aromatic heterocycles. The zero-order chi connectivity index (χ0) is 26.5. The first-order valence-corrected chi connectivity index (χ1v) is 13.4. The lowest BCUT2D eigenvalue weighted by molar-refractivity contribution is 0.426. The van der Waals surface area contributed by atoms with Gasteiger partial charge in [-0.15, -0.1) is 0 Å². The van der Waals surface area contributed by atoms with Gasteiger partial charge in [0.2, 0.25) is 0 Å². The number of hydrogen-bond acceptors (Lipinski definition) is 2. The lowest BCUT2D eigenvalue weighted by atomic mass is 9.80. The van der Waals surface area contributed by atoms with Crippen molar-refractivity contribution >= 4 is 40.5 Å². The summed E-state index contributed by atoms with van der Waals surface area (Å²) in [5.74, 6) is 0.505. The molecular formula is C33H36BNO2. The quantitative estimate of drug-likeness (QED) is 0.255. The number of allylic oxidation sites excluding steroid dienone is 1. The van der Waals surface area contributed by atoms with Crippen LogP contribution in [0.25, 0.3) is 44.7 Å². The second-order valence-corrected chi connectivity index (χ2v) is 8.90. The van der Waals surface area contributed by atoms with Crippen LogP contribution in [0.5, 0.6) is 0 Å². The maximum absolute atomic E-state index is 9.44. The molecule has 3 nitrogen and oxygen atoms in total. The van der Waals surface area contributed by atoms with Crippen molar-refractivity contribution in [3.63, 3.8) is 0 Å². The van der Waals surface area contributed by atoms with Crippen molar-refractivity contribution in [3.05, 3.63) is 102 Å². The fraction of sp³-hybridized carbons (Fsp3) is 0.212. The van der Waals surface area contributed by atoms with Gasteiger partial charge in [0.05, 0.1) is 11.0 Å². The molecule has 0 amide bonds. The van der Waals surface area contributed by atoms with Crippen LogP contribution < -0.4 is 5.46 Å². The van der Waals surface area contributed by atoms with Crippen LogP contribution in [0.15, 0.2) is 91.0 Å². The van der Waals surface area contributed by atoms with Gasteiger partial charge in [0, 0.05) is 16.5 Å². The first-order valence-electron chi connectivity index (χ1n) is 13.4. The summed E-state index contributed by atoms with van der Waals surface area (Å²) in [4.78, 5) is 0. The van der Waals surface area contributed by atoms with Gasteiger partial charge in [-0.05, 0) is 70.4 Å². The molecule has 0 spiro atoms. The van der Waals surface area contributed by atoms with Crippen LogP contribution in [0, 0.1) is 0 Å². The summed E-state index contributed by atoms with van der Waals surface area (Å²) >= 11 is 0. The molecule has 0 radical (unpaired) electrons. The maximum Gasteiger partial charge on any atom is 0.488 e. The molecule has 1 heterocycles. The molecule has 0 aliphatic heterocycles. The van der Waals surface area contributed by atoms with E-state index in [4.69, 9.17) is 0 Å².